The average molecular weight is 762 g/mol. The van der Waals surface area contributed by atoms with Gasteiger partial charge in [0.25, 0.3) is 11.5 Å². The van der Waals surface area contributed by atoms with Gasteiger partial charge in [0.2, 0.25) is 0 Å². The molecule has 0 spiro atoms. The number of anilines is 2. The van der Waals surface area contributed by atoms with Gasteiger partial charge < -0.3 is 31.6 Å². The lowest BCUT2D eigenvalue weighted by molar-refractivity contribution is -0.193. The molecule has 1 fully saturated rings. The Kier molecular flexibility index (Phi) is 12.8. The van der Waals surface area contributed by atoms with Gasteiger partial charge in [-0.3, -0.25) is 14.2 Å². The summed E-state index contributed by atoms with van der Waals surface area (Å²) >= 11 is 0. The molecule has 3 heterocycles. The largest absolute Gasteiger partial charge is 0.490 e. The molecule has 286 valence electrons. The van der Waals surface area contributed by atoms with Crippen LogP contribution in [0.25, 0.3) is 27.8 Å². The first-order valence-corrected chi connectivity index (χ1v) is 16.0. The van der Waals surface area contributed by atoms with Crippen LogP contribution in [0.15, 0.2) is 90.2 Å². The number of aromatic nitrogens is 4. The summed E-state index contributed by atoms with van der Waals surface area (Å²) in [5.74, 6) is -5.01. The summed E-state index contributed by atoms with van der Waals surface area (Å²) in [6, 6.07) is 20.2. The second kappa shape index (κ2) is 17.1. The summed E-state index contributed by atoms with van der Waals surface area (Å²) in [6.45, 7) is 0.853. The summed E-state index contributed by atoms with van der Waals surface area (Å²) in [5, 5.41) is 17.9. The fraction of sp³-hybridized carbons (Fsp3) is 0.257. The molecule has 3 aromatic heterocycles. The van der Waals surface area contributed by atoms with E-state index in [0.717, 1.165) is 54.4 Å². The smallest absolute Gasteiger partial charge is 0.475 e. The zero-order chi connectivity index (χ0) is 39.8. The molecule has 0 saturated heterocycles. The number of nitrogens with one attached hydrogen (secondary N) is 1. The van der Waals surface area contributed by atoms with Crippen LogP contribution in [0.4, 0.5) is 37.8 Å². The maximum Gasteiger partial charge on any atom is 0.490 e. The van der Waals surface area contributed by atoms with Crippen LogP contribution in [0.2, 0.25) is 0 Å². The molecular weight excluding hydrogens is 728 g/mol. The average Bonchev–Trinajstić information content (AvgIpc) is 3.49. The van der Waals surface area contributed by atoms with E-state index in [4.69, 9.17) is 31.3 Å². The molecule has 7 N–H and O–H groups in total. The van der Waals surface area contributed by atoms with Crippen molar-refractivity contribution in [3.63, 3.8) is 0 Å². The summed E-state index contributed by atoms with van der Waals surface area (Å²) in [4.78, 5) is 52.7. The topological polar surface area (TPSA) is 208 Å². The Morgan fingerprint density at radius 2 is 1.41 bits per heavy atom. The van der Waals surface area contributed by atoms with Gasteiger partial charge >= 0.3 is 24.3 Å². The Bertz CT molecular complexity index is 2120. The lowest BCUT2D eigenvalue weighted by Crippen LogP contribution is -2.28. The van der Waals surface area contributed by atoms with Gasteiger partial charge in [-0.25, -0.2) is 19.6 Å². The molecule has 0 bridgehead atoms. The Labute approximate surface area is 301 Å². The molecule has 6 rings (SSSR count). The number of hydrogen-bond donors (Lipinski definition) is 5. The normalized spacial score (nSPS) is 15.6. The lowest BCUT2D eigenvalue weighted by atomic mass is 9.86. The second-order valence-corrected chi connectivity index (χ2v) is 12.0. The molecule has 54 heavy (non-hydrogen) atoms. The predicted octanol–water partition coefficient (Wildman–Crippen LogP) is 5.87. The summed E-state index contributed by atoms with van der Waals surface area (Å²) in [5.41, 5.74) is 16.1. The minimum Gasteiger partial charge on any atom is -0.475 e. The van der Waals surface area contributed by atoms with E-state index in [1.54, 1.807) is 12.3 Å². The molecule has 19 heteroatoms. The third-order valence-corrected chi connectivity index (χ3v) is 8.19. The Balaban J connectivity index is 0.000000396. The van der Waals surface area contributed by atoms with Crippen molar-refractivity contribution in [3.8, 4) is 16.8 Å². The number of benzene rings is 2. The quantitative estimate of drug-likeness (QED) is 0.130. The number of carbonyl (C=O) groups excluding carboxylic acids is 1. The molecule has 1 aliphatic rings. The first kappa shape index (κ1) is 40.5. The Hall–Kier alpha value is -6.24. The maximum absolute atomic E-state index is 13.0. The summed E-state index contributed by atoms with van der Waals surface area (Å²) in [7, 11) is 0. The number of carbonyl (C=O) groups is 3. The number of rotatable bonds is 6. The van der Waals surface area contributed by atoms with Crippen LogP contribution in [0.3, 0.4) is 0 Å². The van der Waals surface area contributed by atoms with Gasteiger partial charge in [0.05, 0.1) is 5.39 Å². The number of nitrogens with two attached hydrogens (primary N) is 2. The summed E-state index contributed by atoms with van der Waals surface area (Å²) in [6.07, 6.45) is -0.630. The number of carboxylic acid groups (broad SMARTS) is 2. The first-order chi connectivity index (χ1) is 25.4. The number of fused-ring (bicyclic) bond motifs is 1. The van der Waals surface area contributed by atoms with Crippen LogP contribution in [0, 0.1) is 5.92 Å². The van der Waals surface area contributed by atoms with Crippen LogP contribution in [-0.4, -0.2) is 65.6 Å². The zero-order valence-electron chi connectivity index (χ0n) is 28.0. The molecule has 5 aromatic rings. The van der Waals surface area contributed by atoms with E-state index in [2.05, 4.69) is 26.0 Å². The number of nitrogens with zero attached hydrogens (tertiary/aromatic N) is 4. The van der Waals surface area contributed by atoms with Gasteiger partial charge in [0.1, 0.15) is 23.4 Å². The molecule has 1 amide bonds. The number of nitrogen functional groups attached to an aromatic ring is 1. The second-order valence-electron chi connectivity index (χ2n) is 12.0. The maximum atomic E-state index is 13.0. The highest BCUT2D eigenvalue weighted by Gasteiger charge is 2.39. The van der Waals surface area contributed by atoms with Crippen molar-refractivity contribution in [3.05, 3.63) is 101 Å². The number of pyridine rings is 1. The first-order valence-electron chi connectivity index (χ1n) is 16.0. The molecule has 0 radical (unpaired) electrons. The molecule has 1 aliphatic carbocycles. The number of alkyl halides is 6. The van der Waals surface area contributed by atoms with Crippen molar-refractivity contribution in [2.24, 2.45) is 11.7 Å². The van der Waals surface area contributed by atoms with Crippen LogP contribution in [0.5, 0.6) is 0 Å². The van der Waals surface area contributed by atoms with Gasteiger partial charge in [-0.2, -0.15) is 26.3 Å². The van der Waals surface area contributed by atoms with Gasteiger partial charge in [-0.1, -0.05) is 30.3 Å². The van der Waals surface area contributed by atoms with E-state index in [1.165, 1.54) is 17.0 Å². The summed E-state index contributed by atoms with van der Waals surface area (Å²) < 4.78 is 67.1. The van der Waals surface area contributed by atoms with Gasteiger partial charge in [-0.15, -0.1) is 0 Å². The Morgan fingerprint density at radius 3 is 1.96 bits per heavy atom. The van der Waals surface area contributed by atoms with E-state index < -0.39 is 30.2 Å². The van der Waals surface area contributed by atoms with Crippen LogP contribution < -0.4 is 22.3 Å². The molecule has 0 atom stereocenters. The van der Waals surface area contributed by atoms with Crippen molar-refractivity contribution < 1.29 is 50.9 Å². The van der Waals surface area contributed by atoms with Crippen molar-refractivity contribution in [2.45, 2.75) is 50.6 Å². The number of halogens is 6. The number of hydrogen-bond acceptors (Lipinski definition) is 8. The molecule has 1 saturated carbocycles. The molecule has 0 unspecified atom stereocenters. The third kappa shape index (κ3) is 10.4. The zero-order valence-corrected chi connectivity index (χ0v) is 28.0. The Morgan fingerprint density at radius 1 is 0.833 bits per heavy atom. The fourth-order valence-electron chi connectivity index (χ4n) is 5.54. The highest BCUT2D eigenvalue weighted by Crippen LogP contribution is 2.35. The van der Waals surface area contributed by atoms with Crippen molar-refractivity contribution in [1.29, 1.82) is 0 Å². The monoisotopic (exact) mass is 761 g/mol. The number of amides is 1. The third-order valence-electron chi connectivity index (χ3n) is 8.19. The molecule has 13 nitrogen and oxygen atoms in total. The van der Waals surface area contributed by atoms with E-state index in [-0.39, 0.29) is 11.1 Å². The van der Waals surface area contributed by atoms with Crippen molar-refractivity contribution in [2.75, 3.05) is 11.1 Å². The number of aliphatic carboxylic acids is 2. The van der Waals surface area contributed by atoms with Crippen molar-refractivity contribution in [1.82, 2.24) is 19.1 Å². The lowest BCUT2D eigenvalue weighted by Gasteiger charge is -2.26. The SMILES string of the molecule is Nc1ncnc2c1c(-c1ccc(NC(=O)c3cccn(-c4ccccc4)c3=O)cc1)cn2CC1CCC(N)CC1.O=C(O)C(F)(F)F.O=C(O)C(F)(F)F. The van der Waals surface area contributed by atoms with Crippen LogP contribution in [-0.2, 0) is 16.1 Å². The van der Waals surface area contributed by atoms with E-state index in [9.17, 15) is 35.9 Å². The van der Waals surface area contributed by atoms with E-state index in [0.29, 0.717) is 29.2 Å². The van der Waals surface area contributed by atoms with E-state index >= 15 is 0 Å². The van der Waals surface area contributed by atoms with Crippen LogP contribution in [0.1, 0.15) is 36.0 Å². The highest BCUT2D eigenvalue weighted by atomic mass is 19.4. The molecule has 2 aromatic carbocycles. The number of para-hydroxylation sites is 1. The fourth-order valence-corrected chi connectivity index (χ4v) is 5.54. The minimum atomic E-state index is -5.08. The van der Waals surface area contributed by atoms with Gasteiger partial charge in [0, 0.05) is 41.9 Å². The molecule has 0 aliphatic heterocycles. The minimum absolute atomic E-state index is 0.0621. The number of carboxylic acids is 2. The van der Waals surface area contributed by atoms with Crippen LogP contribution >= 0.6 is 0 Å². The molecular formula is C35H33F6N7O6. The van der Waals surface area contributed by atoms with Gasteiger partial charge in [-0.05, 0) is 73.6 Å². The van der Waals surface area contributed by atoms with Crippen molar-refractivity contribution >= 4 is 40.4 Å². The highest BCUT2D eigenvalue weighted by molar-refractivity contribution is 6.04. The standard InChI is InChI=1S/C31H31N7O2.2C2HF3O2/c32-22-12-8-20(9-13-22)17-37-18-26(27-28(33)34-19-35-29(27)37)21-10-14-23(15-11-21)36-30(39)25-7-4-16-38(31(25)40)24-5-2-1-3-6-24;2*3-2(4,5)1(6)7/h1-7,10-11,14-16,18-20,22H,8-9,12-13,17,32H2,(H,36,39)(H2,33,34,35);2*(H,6,7). The predicted molar refractivity (Wildman–Crippen MR) is 185 cm³/mol. The van der Waals surface area contributed by atoms with E-state index in [1.807, 2.05) is 54.6 Å². The van der Waals surface area contributed by atoms with Gasteiger partial charge in [0.15, 0.2) is 0 Å².